The van der Waals surface area contributed by atoms with E-state index in [4.69, 9.17) is 15.2 Å². The zero-order chi connectivity index (χ0) is 13.2. The first kappa shape index (κ1) is 12.2. The zero-order valence-corrected chi connectivity index (χ0v) is 10.9. The molecule has 1 aliphatic heterocycles. The fraction of sp³-hybridized carbons (Fsp3) is 0.583. The number of rotatable bonds is 4. The van der Waals surface area contributed by atoms with Crippen molar-refractivity contribution in [2.24, 2.45) is 0 Å². The average Bonchev–Trinajstić information content (AvgIpc) is 3.03. The molecule has 0 saturated carbocycles. The highest BCUT2D eigenvalue weighted by Crippen LogP contribution is 2.24. The minimum atomic E-state index is 0.320. The third-order valence-corrected chi connectivity index (χ3v) is 3.42. The third-order valence-electron chi connectivity index (χ3n) is 3.42. The predicted octanol–water partition coefficient (Wildman–Crippen LogP) is 0.986. The van der Waals surface area contributed by atoms with E-state index in [2.05, 4.69) is 15.0 Å². The Labute approximate surface area is 110 Å². The van der Waals surface area contributed by atoms with E-state index < -0.39 is 0 Å². The van der Waals surface area contributed by atoms with Crippen molar-refractivity contribution in [1.29, 1.82) is 0 Å². The van der Waals surface area contributed by atoms with Crippen LogP contribution in [0.25, 0.3) is 11.2 Å². The van der Waals surface area contributed by atoms with Gasteiger partial charge < -0.3 is 15.2 Å². The summed E-state index contributed by atoms with van der Waals surface area (Å²) < 4.78 is 12.7. The highest BCUT2D eigenvalue weighted by molar-refractivity contribution is 5.78. The lowest BCUT2D eigenvalue weighted by Crippen LogP contribution is -2.12. The number of nitrogens with zero attached hydrogens (tertiary/aromatic N) is 4. The van der Waals surface area contributed by atoms with Crippen molar-refractivity contribution >= 4 is 17.1 Å². The van der Waals surface area contributed by atoms with E-state index in [1.807, 2.05) is 4.57 Å². The Bertz CT molecular complexity index is 577. The van der Waals surface area contributed by atoms with Crippen molar-refractivity contribution in [1.82, 2.24) is 19.5 Å². The van der Waals surface area contributed by atoms with Crippen molar-refractivity contribution in [3.63, 3.8) is 0 Å². The topological polar surface area (TPSA) is 88.1 Å². The summed E-state index contributed by atoms with van der Waals surface area (Å²) >= 11 is 0. The summed E-state index contributed by atoms with van der Waals surface area (Å²) in [5.41, 5.74) is 7.27. The molecule has 1 saturated heterocycles. The summed E-state index contributed by atoms with van der Waals surface area (Å²) in [6.07, 6.45) is 4.96. The molecule has 0 bridgehead atoms. The fourth-order valence-corrected chi connectivity index (χ4v) is 2.45. The second kappa shape index (κ2) is 5.00. The van der Waals surface area contributed by atoms with E-state index in [0.29, 0.717) is 29.1 Å². The fourth-order valence-electron chi connectivity index (χ4n) is 2.45. The summed E-state index contributed by atoms with van der Waals surface area (Å²) in [4.78, 5) is 12.6. The van der Waals surface area contributed by atoms with E-state index in [1.54, 1.807) is 7.11 Å². The normalized spacial score (nSPS) is 19.1. The smallest absolute Gasteiger partial charge is 0.245 e. The number of ether oxygens (including phenoxy) is 2. The Morgan fingerprint density at radius 1 is 1.53 bits per heavy atom. The molecule has 1 fully saturated rings. The number of imidazole rings is 1. The van der Waals surface area contributed by atoms with Gasteiger partial charge in [-0.15, -0.1) is 0 Å². The molecular weight excluding hydrogens is 246 g/mol. The molecule has 1 atom stereocenters. The zero-order valence-electron chi connectivity index (χ0n) is 10.9. The first-order valence-electron chi connectivity index (χ1n) is 6.42. The Morgan fingerprint density at radius 2 is 2.42 bits per heavy atom. The maximum absolute atomic E-state index is 5.95. The lowest BCUT2D eigenvalue weighted by molar-refractivity contribution is 0.101. The number of nitrogens with two attached hydrogens (primary N) is 1. The van der Waals surface area contributed by atoms with Gasteiger partial charge in [0.05, 0.1) is 13.2 Å². The van der Waals surface area contributed by atoms with Crippen LogP contribution in [0.2, 0.25) is 0 Å². The number of nitrogen functional groups attached to an aromatic ring is 1. The molecule has 102 valence electrons. The van der Waals surface area contributed by atoms with E-state index in [0.717, 1.165) is 32.4 Å². The molecule has 3 rings (SSSR count). The van der Waals surface area contributed by atoms with Gasteiger partial charge in [0.25, 0.3) is 0 Å². The quantitative estimate of drug-likeness (QED) is 0.884. The van der Waals surface area contributed by atoms with Crippen LogP contribution in [-0.4, -0.2) is 39.3 Å². The predicted molar refractivity (Wildman–Crippen MR) is 69.9 cm³/mol. The number of hydrogen-bond donors (Lipinski definition) is 1. The first-order chi connectivity index (χ1) is 9.29. The van der Waals surface area contributed by atoms with E-state index in [9.17, 15) is 0 Å². The lowest BCUT2D eigenvalue weighted by Gasteiger charge is -2.10. The van der Waals surface area contributed by atoms with Crippen LogP contribution in [0.3, 0.4) is 0 Å². The highest BCUT2D eigenvalue weighted by Gasteiger charge is 2.18. The van der Waals surface area contributed by atoms with Gasteiger partial charge >= 0.3 is 0 Å². The van der Waals surface area contributed by atoms with Crippen LogP contribution < -0.4 is 10.5 Å². The lowest BCUT2D eigenvalue weighted by atomic mass is 10.2. The highest BCUT2D eigenvalue weighted by atomic mass is 16.5. The SMILES string of the molecule is COc1ncnc2c1nc(N)n2CCC1CCCO1. The molecule has 2 N–H and O–H groups in total. The summed E-state index contributed by atoms with van der Waals surface area (Å²) in [6.45, 7) is 1.61. The van der Waals surface area contributed by atoms with Crippen LogP contribution in [0.4, 0.5) is 5.95 Å². The maximum Gasteiger partial charge on any atom is 0.245 e. The van der Waals surface area contributed by atoms with Gasteiger partial charge in [-0.1, -0.05) is 0 Å². The number of hydrogen-bond acceptors (Lipinski definition) is 6. The van der Waals surface area contributed by atoms with Crippen LogP contribution in [0.15, 0.2) is 6.33 Å². The van der Waals surface area contributed by atoms with Crippen molar-refractivity contribution in [2.45, 2.75) is 31.9 Å². The first-order valence-corrected chi connectivity index (χ1v) is 6.42. The molecule has 19 heavy (non-hydrogen) atoms. The van der Waals surface area contributed by atoms with Gasteiger partial charge in [-0.25, -0.2) is 9.97 Å². The molecule has 7 heteroatoms. The monoisotopic (exact) mass is 263 g/mol. The number of anilines is 1. The Morgan fingerprint density at radius 3 is 3.16 bits per heavy atom. The van der Waals surface area contributed by atoms with Crippen molar-refractivity contribution in [2.75, 3.05) is 19.5 Å². The number of aromatic nitrogens is 4. The Hall–Kier alpha value is -1.89. The molecule has 1 unspecified atom stereocenters. The summed E-state index contributed by atoms with van der Waals surface area (Å²) in [5, 5.41) is 0. The van der Waals surface area contributed by atoms with Crippen LogP contribution in [0.1, 0.15) is 19.3 Å². The second-order valence-corrected chi connectivity index (χ2v) is 4.60. The summed E-state index contributed by atoms with van der Waals surface area (Å²) in [5.74, 6) is 0.888. The summed E-state index contributed by atoms with van der Waals surface area (Å²) in [7, 11) is 1.56. The van der Waals surface area contributed by atoms with E-state index in [1.165, 1.54) is 6.33 Å². The molecule has 7 nitrogen and oxygen atoms in total. The van der Waals surface area contributed by atoms with Crippen LogP contribution in [0.5, 0.6) is 5.88 Å². The van der Waals surface area contributed by atoms with Gasteiger partial charge in [-0.2, -0.15) is 4.98 Å². The second-order valence-electron chi connectivity index (χ2n) is 4.60. The van der Waals surface area contributed by atoms with Gasteiger partial charge in [0.2, 0.25) is 11.8 Å². The molecule has 0 amide bonds. The van der Waals surface area contributed by atoms with Crippen LogP contribution in [0, 0.1) is 0 Å². The van der Waals surface area contributed by atoms with Gasteiger partial charge in [-0.3, -0.25) is 4.57 Å². The molecule has 0 radical (unpaired) electrons. The minimum Gasteiger partial charge on any atom is -0.479 e. The molecule has 2 aromatic heterocycles. The number of fused-ring (bicyclic) bond motifs is 1. The number of methoxy groups -OCH3 is 1. The van der Waals surface area contributed by atoms with Gasteiger partial charge in [0.15, 0.2) is 11.2 Å². The molecule has 3 heterocycles. The Balaban J connectivity index is 1.87. The van der Waals surface area contributed by atoms with Gasteiger partial charge in [0.1, 0.15) is 6.33 Å². The molecule has 2 aromatic rings. The average molecular weight is 263 g/mol. The van der Waals surface area contributed by atoms with Crippen molar-refractivity contribution < 1.29 is 9.47 Å². The van der Waals surface area contributed by atoms with E-state index in [-0.39, 0.29) is 0 Å². The summed E-state index contributed by atoms with van der Waals surface area (Å²) in [6, 6.07) is 0. The van der Waals surface area contributed by atoms with Gasteiger partial charge in [0, 0.05) is 13.2 Å². The number of aryl methyl sites for hydroxylation is 1. The van der Waals surface area contributed by atoms with Crippen molar-refractivity contribution in [3.8, 4) is 5.88 Å². The molecule has 0 spiro atoms. The molecule has 0 aliphatic carbocycles. The Kier molecular flexibility index (Phi) is 3.20. The molecule has 1 aliphatic rings. The third kappa shape index (κ3) is 2.21. The maximum atomic E-state index is 5.95. The minimum absolute atomic E-state index is 0.320. The van der Waals surface area contributed by atoms with Crippen LogP contribution in [-0.2, 0) is 11.3 Å². The molecule has 0 aromatic carbocycles. The van der Waals surface area contributed by atoms with Crippen LogP contribution >= 0.6 is 0 Å². The van der Waals surface area contributed by atoms with E-state index >= 15 is 0 Å². The largest absolute Gasteiger partial charge is 0.479 e. The van der Waals surface area contributed by atoms with Gasteiger partial charge in [-0.05, 0) is 19.3 Å². The van der Waals surface area contributed by atoms with Crippen molar-refractivity contribution in [3.05, 3.63) is 6.33 Å². The molecular formula is C12H17N5O2. The standard InChI is InChI=1S/C12H17N5O2/c1-18-11-9-10(14-7-15-11)17(12(13)16-9)5-4-8-3-2-6-19-8/h7-8H,2-6H2,1H3,(H2,13,16).